The van der Waals surface area contributed by atoms with Crippen molar-refractivity contribution in [2.45, 2.75) is 26.2 Å². The van der Waals surface area contributed by atoms with Crippen molar-refractivity contribution in [2.75, 3.05) is 0 Å². The second-order valence-corrected chi connectivity index (χ2v) is 7.01. The number of aromatic nitrogens is 4. The van der Waals surface area contributed by atoms with Gasteiger partial charge in [0.05, 0.1) is 5.69 Å². The smallest absolute Gasteiger partial charge is 0.227 e. The minimum atomic E-state index is -0.0751. The summed E-state index contributed by atoms with van der Waals surface area (Å²) in [4.78, 5) is 9.60. The Balaban J connectivity index is 0.00000196. The van der Waals surface area contributed by atoms with Crippen LogP contribution in [-0.2, 0) is 25.5 Å². The first-order valence-electron chi connectivity index (χ1n) is 8.30. The second-order valence-electron chi connectivity index (χ2n) is 7.01. The molecule has 0 fully saturated rings. The summed E-state index contributed by atoms with van der Waals surface area (Å²) in [5, 5.41) is 0. The van der Waals surface area contributed by atoms with Crippen LogP contribution in [0.3, 0.4) is 0 Å². The van der Waals surface area contributed by atoms with Gasteiger partial charge in [0.1, 0.15) is 6.20 Å². The van der Waals surface area contributed by atoms with E-state index in [-0.39, 0.29) is 25.5 Å². The normalized spacial score (nSPS) is 11.3. The number of nitrogens with zero attached hydrogens (tertiary/aromatic N) is 4. The molecule has 0 spiro atoms. The number of rotatable bonds is 2. The minimum Gasteiger partial charge on any atom is -0.332 e. The van der Waals surface area contributed by atoms with Gasteiger partial charge < -0.3 is 4.57 Å². The minimum absolute atomic E-state index is 0. The molecule has 0 saturated carbocycles. The number of benzene rings is 2. The molecule has 4 nitrogen and oxygen atoms in total. The SMILES string of the molecule is CC(C)(C)c1cnc2c(n1)n(-c1[c-]cccc1)[c-][n+]2-c1ccccc1.[Ir]. The molecular formula is C21H19IrN4-. The molecule has 0 atom stereocenters. The van der Waals surface area contributed by atoms with Gasteiger partial charge in [-0.25, -0.2) is 0 Å². The Kier molecular flexibility index (Phi) is 5.03. The van der Waals surface area contributed by atoms with E-state index in [0.717, 1.165) is 28.4 Å². The van der Waals surface area contributed by atoms with Gasteiger partial charge >= 0.3 is 0 Å². The van der Waals surface area contributed by atoms with Crippen LogP contribution in [0.5, 0.6) is 0 Å². The molecule has 0 N–H and O–H groups in total. The van der Waals surface area contributed by atoms with Gasteiger partial charge in [-0.3, -0.25) is 9.55 Å². The van der Waals surface area contributed by atoms with Crippen molar-refractivity contribution in [2.24, 2.45) is 0 Å². The maximum atomic E-state index is 4.90. The maximum Gasteiger partial charge on any atom is 0.227 e. The molecule has 26 heavy (non-hydrogen) atoms. The Hall–Kier alpha value is -2.36. The van der Waals surface area contributed by atoms with E-state index in [2.05, 4.69) is 33.2 Å². The van der Waals surface area contributed by atoms with Gasteiger partial charge in [0.15, 0.2) is 12.0 Å². The zero-order valence-corrected chi connectivity index (χ0v) is 17.3. The standard InChI is InChI=1S/C21H19N4.Ir/c1-21(2,3)18-14-22-19-20(23-18)25(17-12-8-5-9-13-17)15-24(19)16-10-6-4-7-11-16;/h4-12,14H,1-3H3;/q-1;. The van der Waals surface area contributed by atoms with E-state index in [0.29, 0.717) is 0 Å². The largest absolute Gasteiger partial charge is 0.332 e. The molecule has 0 amide bonds. The van der Waals surface area contributed by atoms with E-state index >= 15 is 0 Å². The zero-order valence-electron chi connectivity index (χ0n) is 14.9. The molecule has 0 unspecified atom stereocenters. The number of para-hydroxylation sites is 2. The fourth-order valence-corrected chi connectivity index (χ4v) is 2.68. The molecule has 0 saturated heterocycles. The quantitative estimate of drug-likeness (QED) is 0.300. The Morgan fingerprint density at radius 1 is 1.00 bits per heavy atom. The van der Waals surface area contributed by atoms with Crippen molar-refractivity contribution in [3.8, 4) is 11.4 Å². The molecule has 0 bridgehead atoms. The molecule has 0 aliphatic carbocycles. The van der Waals surface area contributed by atoms with Gasteiger partial charge in [-0.2, -0.15) is 35.3 Å². The van der Waals surface area contributed by atoms with E-state index in [1.54, 1.807) is 0 Å². The van der Waals surface area contributed by atoms with Gasteiger partial charge in [-0.05, 0) is 0 Å². The van der Waals surface area contributed by atoms with E-state index in [9.17, 15) is 0 Å². The van der Waals surface area contributed by atoms with Crippen LogP contribution in [0.2, 0.25) is 0 Å². The monoisotopic (exact) mass is 520 g/mol. The van der Waals surface area contributed by atoms with Crippen LogP contribution in [0.1, 0.15) is 26.5 Å². The third-order valence-electron chi connectivity index (χ3n) is 4.08. The van der Waals surface area contributed by atoms with Crippen LogP contribution in [0.15, 0.2) is 60.8 Å². The number of hydrogen-bond acceptors (Lipinski definition) is 2. The van der Waals surface area contributed by atoms with Crippen LogP contribution in [0.4, 0.5) is 0 Å². The van der Waals surface area contributed by atoms with Crippen molar-refractivity contribution in [3.05, 3.63) is 78.9 Å². The first-order chi connectivity index (χ1) is 12.0. The molecule has 4 rings (SSSR count). The van der Waals surface area contributed by atoms with Crippen LogP contribution >= 0.6 is 0 Å². The van der Waals surface area contributed by atoms with Crippen LogP contribution < -0.4 is 4.57 Å². The van der Waals surface area contributed by atoms with Crippen molar-refractivity contribution < 1.29 is 24.7 Å². The third kappa shape index (κ3) is 3.33. The molecule has 133 valence electrons. The summed E-state index contributed by atoms with van der Waals surface area (Å²) in [6, 6.07) is 21.2. The average Bonchev–Trinajstić information content (AvgIpc) is 3.01. The van der Waals surface area contributed by atoms with E-state index < -0.39 is 0 Å². The molecule has 4 aromatic rings. The molecule has 0 aliphatic heterocycles. The Labute approximate surface area is 166 Å². The predicted molar refractivity (Wildman–Crippen MR) is 96.8 cm³/mol. The summed E-state index contributed by atoms with van der Waals surface area (Å²) in [5.41, 5.74) is 4.32. The van der Waals surface area contributed by atoms with E-state index in [1.165, 1.54) is 0 Å². The number of hydrogen-bond donors (Lipinski definition) is 0. The van der Waals surface area contributed by atoms with Crippen molar-refractivity contribution >= 4 is 11.3 Å². The van der Waals surface area contributed by atoms with Crippen molar-refractivity contribution in [3.63, 3.8) is 0 Å². The molecule has 2 aromatic heterocycles. The molecule has 0 aliphatic rings. The number of fused-ring (bicyclic) bond motifs is 1. The molecule has 1 radical (unpaired) electrons. The maximum absolute atomic E-state index is 4.90. The summed E-state index contributed by atoms with van der Waals surface area (Å²) in [6.07, 6.45) is 5.23. The summed E-state index contributed by atoms with van der Waals surface area (Å²) >= 11 is 0. The van der Waals surface area contributed by atoms with Crippen molar-refractivity contribution in [1.29, 1.82) is 0 Å². The first kappa shape index (κ1) is 18.4. The summed E-state index contributed by atoms with van der Waals surface area (Å²) in [6.45, 7) is 6.42. The van der Waals surface area contributed by atoms with Crippen molar-refractivity contribution in [1.82, 2.24) is 14.5 Å². The fourth-order valence-electron chi connectivity index (χ4n) is 2.68. The second kappa shape index (κ2) is 7.10. The van der Waals surface area contributed by atoms with Crippen LogP contribution in [0, 0.1) is 12.4 Å². The topological polar surface area (TPSA) is 34.6 Å². The van der Waals surface area contributed by atoms with Gasteiger partial charge in [0, 0.05) is 31.2 Å². The van der Waals surface area contributed by atoms with Gasteiger partial charge in [0.25, 0.3) is 0 Å². The fraction of sp³-hybridized carbons (Fsp3) is 0.190. The van der Waals surface area contributed by atoms with E-state index in [1.807, 2.05) is 69.9 Å². The average molecular weight is 520 g/mol. The molecule has 5 heteroatoms. The van der Waals surface area contributed by atoms with Crippen LogP contribution in [-0.4, -0.2) is 14.5 Å². The molecule has 2 aromatic carbocycles. The van der Waals surface area contributed by atoms with Gasteiger partial charge in [-0.15, -0.1) is 0 Å². The third-order valence-corrected chi connectivity index (χ3v) is 4.08. The zero-order chi connectivity index (χ0) is 17.4. The van der Waals surface area contributed by atoms with Crippen LogP contribution in [0.25, 0.3) is 22.7 Å². The summed E-state index contributed by atoms with van der Waals surface area (Å²) in [7, 11) is 0. The Bertz CT molecular complexity index is 1020. The Morgan fingerprint density at radius 2 is 1.73 bits per heavy atom. The Morgan fingerprint density at radius 3 is 2.38 bits per heavy atom. The van der Waals surface area contributed by atoms with Gasteiger partial charge in [0.2, 0.25) is 5.65 Å². The van der Waals surface area contributed by atoms with Gasteiger partial charge in [-0.1, -0.05) is 56.8 Å². The predicted octanol–water partition coefficient (Wildman–Crippen LogP) is 3.59. The summed E-state index contributed by atoms with van der Waals surface area (Å²) < 4.78 is 3.86. The molecule has 2 heterocycles. The molecular weight excluding hydrogens is 500 g/mol. The summed E-state index contributed by atoms with van der Waals surface area (Å²) in [5.74, 6) is 0. The number of imidazole rings is 1. The van der Waals surface area contributed by atoms with E-state index in [4.69, 9.17) is 9.97 Å². The first-order valence-corrected chi connectivity index (χ1v) is 8.30.